The molecule has 1 atom stereocenters. The van der Waals surface area contributed by atoms with Crippen LogP contribution in [0.1, 0.15) is 19.3 Å². The lowest BCUT2D eigenvalue weighted by atomic mass is 9.99. The molecule has 1 unspecified atom stereocenters. The molecular formula is C27H29F2N5O2. The molecule has 0 saturated carbocycles. The molecule has 2 aromatic carbocycles. The van der Waals surface area contributed by atoms with Crippen molar-refractivity contribution in [1.82, 2.24) is 14.9 Å². The predicted octanol–water partition coefficient (Wildman–Crippen LogP) is 4.78. The molecule has 7 nitrogen and oxygen atoms in total. The fraction of sp³-hybridized carbons (Fsp3) is 0.370. The zero-order valence-corrected chi connectivity index (χ0v) is 20.6. The van der Waals surface area contributed by atoms with Crippen LogP contribution in [0.2, 0.25) is 0 Å². The van der Waals surface area contributed by atoms with Gasteiger partial charge in [0.15, 0.2) is 11.6 Å². The summed E-state index contributed by atoms with van der Waals surface area (Å²) >= 11 is 0. The molecule has 1 N–H and O–H groups in total. The van der Waals surface area contributed by atoms with Gasteiger partial charge in [-0.3, -0.25) is 9.36 Å². The normalized spacial score (nSPS) is 15.7. The van der Waals surface area contributed by atoms with Crippen LogP contribution in [-0.2, 0) is 7.05 Å². The Balaban J connectivity index is 1.87. The standard InChI is InChI=1S/C27H29F2N5O2/c1-30-22-9-7-19(15-20(22)28)25-24(18-8-10-23(36-4)21(29)14-18)26(35)34(3)27(32-25)33(2)16-17-6-5-12-31-13-11-17/h7-10,14-15,17,31H,5-6,11-13,16H2,2-4H3. The van der Waals surface area contributed by atoms with Crippen molar-refractivity contribution in [3.63, 3.8) is 0 Å². The number of benzene rings is 2. The number of halogens is 2. The van der Waals surface area contributed by atoms with Crippen molar-refractivity contribution in [2.75, 3.05) is 38.7 Å². The van der Waals surface area contributed by atoms with Crippen LogP contribution in [0.4, 0.5) is 20.4 Å². The SMILES string of the molecule is [C-]#[N+]c1ccc(-c2nc(N(C)CC3CCCNCC3)n(C)c(=O)c2-c2ccc(OC)c(F)c2)cc1F. The third-order valence-corrected chi connectivity index (χ3v) is 6.62. The number of rotatable bonds is 6. The maximum Gasteiger partial charge on any atom is 0.263 e. The second-order valence-corrected chi connectivity index (χ2v) is 9.05. The maximum absolute atomic E-state index is 14.6. The Kier molecular flexibility index (Phi) is 7.65. The minimum atomic E-state index is -0.710. The van der Waals surface area contributed by atoms with Gasteiger partial charge < -0.3 is 15.0 Å². The molecule has 1 aliphatic rings. The van der Waals surface area contributed by atoms with E-state index in [0.29, 0.717) is 29.5 Å². The Morgan fingerprint density at radius 1 is 1.17 bits per heavy atom. The molecule has 9 heteroatoms. The molecule has 1 fully saturated rings. The van der Waals surface area contributed by atoms with Crippen LogP contribution in [0.3, 0.4) is 0 Å². The maximum atomic E-state index is 14.6. The summed E-state index contributed by atoms with van der Waals surface area (Å²) in [4.78, 5) is 23.6. The molecule has 0 spiro atoms. The first-order valence-electron chi connectivity index (χ1n) is 11.9. The highest BCUT2D eigenvalue weighted by Crippen LogP contribution is 2.34. The summed E-state index contributed by atoms with van der Waals surface area (Å²) in [5, 5.41) is 3.41. The Hall–Kier alpha value is -3.77. The van der Waals surface area contributed by atoms with Gasteiger partial charge in [0, 0.05) is 26.2 Å². The minimum Gasteiger partial charge on any atom is -0.494 e. The van der Waals surface area contributed by atoms with Gasteiger partial charge in [0.2, 0.25) is 11.6 Å². The monoisotopic (exact) mass is 493 g/mol. The molecular weight excluding hydrogens is 464 g/mol. The highest BCUT2D eigenvalue weighted by Gasteiger charge is 2.23. The summed E-state index contributed by atoms with van der Waals surface area (Å²) in [5.41, 5.74) is 0.488. The van der Waals surface area contributed by atoms with Crippen molar-refractivity contribution >= 4 is 11.6 Å². The van der Waals surface area contributed by atoms with E-state index in [0.717, 1.165) is 32.4 Å². The zero-order valence-electron chi connectivity index (χ0n) is 20.6. The van der Waals surface area contributed by atoms with E-state index < -0.39 is 11.6 Å². The van der Waals surface area contributed by atoms with Crippen molar-refractivity contribution in [1.29, 1.82) is 0 Å². The Labute approximate surface area is 209 Å². The van der Waals surface area contributed by atoms with Gasteiger partial charge in [-0.15, -0.1) is 0 Å². The highest BCUT2D eigenvalue weighted by molar-refractivity contribution is 5.82. The molecule has 0 amide bonds. The Morgan fingerprint density at radius 3 is 2.61 bits per heavy atom. The smallest absolute Gasteiger partial charge is 0.263 e. The topological polar surface area (TPSA) is 63.8 Å². The van der Waals surface area contributed by atoms with E-state index in [9.17, 15) is 13.6 Å². The van der Waals surface area contributed by atoms with Crippen LogP contribution >= 0.6 is 0 Å². The summed E-state index contributed by atoms with van der Waals surface area (Å²) in [5.74, 6) is -0.416. The van der Waals surface area contributed by atoms with E-state index >= 15 is 0 Å². The largest absolute Gasteiger partial charge is 0.494 e. The quantitative estimate of drug-likeness (QED) is 0.501. The summed E-state index contributed by atoms with van der Waals surface area (Å²) < 4.78 is 35.7. The van der Waals surface area contributed by atoms with Crippen LogP contribution < -0.4 is 20.5 Å². The van der Waals surface area contributed by atoms with Gasteiger partial charge in [-0.1, -0.05) is 18.2 Å². The zero-order chi connectivity index (χ0) is 25.8. The van der Waals surface area contributed by atoms with Gasteiger partial charge in [-0.05, 0) is 62.0 Å². The Bertz CT molecular complexity index is 1360. The summed E-state index contributed by atoms with van der Waals surface area (Å²) in [6.45, 7) is 9.80. The highest BCUT2D eigenvalue weighted by atomic mass is 19.1. The van der Waals surface area contributed by atoms with Crippen LogP contribution in [0, 0.1) is 24.1 Å². The number of anilines is 1. The fourth-order valence-corrected chi connectivity index (χ4v) is 4.71. The number of hydrogen-bond donors (Lipinski definition) is 1. The van der Waals surface area contributed by atoms with Crippen molar-refractivity contribution in [2.45, 2.75) is 19.3 Å². The van der Waals surface area contributed by atoms with Crippen molar-refractivity contribution in [3.8, 4) is 28.1 Å². The van der Waals surface area contributed by atoms with E-state index in [4.69, 9.17) is 16.3 Å². The fourth-order valence-electron chi connectivity index (χ4n) is 4.71. The molecule has 0 bridgehead atoms. The number of hydrogen-bond acceptors (Lipinski definition) is 5. The Morgan fingerprint density at radius 2 is 1.92 bits per heavy atom. The van der Waals surface area contributed by atoms with E-state index in [1.165, 1.54) is 35.9 Å². The molecule has 2 heterocycles. The van der Waals surface area contributed by atoms with E-state index in [1.54, 1.807) is 19.2 Å². The first kappa shape index (κ1) is 25.3. The van der Waals surface area contributed by atoms with Gasteiger partial charge >= 0.3 is 0 Å². The van der Waals surface area contributed by atoms with Crippen LogP contribution in [0.15, 0.2) is 41.2 Å². The average Bonchev–Trinajstić information content (AvgIpc) is 3.14. The van der Waals surface area contributed by atoms with Crippen LogP contribution in [-0.4, -0.2) is 43.3 Å². The van der Waals surface area contributed by atoms with Gasteiger partial charge in [-0.2, -0.15) is 0 Å². The van der Waals surface area contributed by atoms with Gasteiger partial charge in [0.05, 0.1) is 24.9 Å². The number of nitrogens with zero attached hydrogens (tertiary/aromatic N) is 4. The molecule has 3 aromatic rings. The summed E-state index contributed by atoms with van der Waals surface area (Å²) in [7, 11) is 4.88. The first-order chi connectivity index (χ1) is 17.3. The van der Waals surface area contributed by atoms with Crippen molar-refractivity contribution in [3.05, 3.63) is 69.8 Å². The molecule has 0 radical (unpaired) electrons. The third-order valence-electron chi connectivity index (χ3n) is 6.62. The van der Waals surface area contributed by atoms with Gasteiger partial charge in [0.1, 0.15) is 5.82 Å². The number of nitrogens with one attached hydrogen (secondary N) is 1. The molecule has 188 valence electrons. The lowest BCUT2D eigenvalue weighted by Crippen LogP contribution is -2.33. The predicted molar refractivity (Wildman–Crippen MR) is 137 cm³/mol. The van der Waals surface area contributed by atoms with Crippen LogP contribution in [0.5, 0.6) is 5.75 Å². The van der Waals surface area contributed by atoms with Gasteiger partial charge in [0.25, 0.3) is 5.56 Å². The van der Waals surface area contributed by atoms with E-state index in [-0.39, 0.29) is 28.3 Å². The lowest BCUT2D eigenvalue weighted by molar-refractivity contribution is 0.386. The number of methoxy groups -OCH3 is 1. The molecule has 0 aliphatic carbocycles. The van der Waals surface area contributed by atoms with E-state index in [2.05, 4.69) is 10.2 Å². The second kappa shape index (κ2) is 10.9. The van der Waals surface area contributed by atoms with Gasteiger partial charge in [-0.25, -0.2) is 18.6 Å². The lowest BCUT2D eigenvalue weighted by Gasteiger charge is -2.26. The summed E-state index contributed by atoms with van der Waals surface area (Å²) in [6.07, 6.45) is 3.19. The van der Waals surface area contributed by atoms with Crippen molar-refractivity contribution < 1.29 is 13.5 Å². The second-order valence-electron chi connectivity index (χ2n) is 9.05. The number of aromatic nitrogens is 2. The van der Waals surface area contributed by atoms with E-state index in [1.807, 2.05) is 11.9 Å². The first-order valence-corrected chi connectivity index (χ1v) is 11.9. The molecule has 1 aliphatic heterocycles. The third kappa shape index (κ3) is 5.09. The average molecular weight is 494 g/mol. The van der Waals surface area contributed by atoms with Crippen LogP contribution in [0.25, 0.3) is 27.2 Å². The molecule has 1 aromatic heterocycles. The molecule has 36 heavy (non-hydrogen) atoms. The summed E-state index contributed by atoms with van der Waals surface area (Å²) in [6, 6.07) is 8.34. The molecule has 4 rings (SSSR count). The number of ether oxygens (including phenoxy) is 1. The molecule has 1 saturated heterocycles. The van der Waals surface area contributed by atoms with Crippen molar-refractivity contribution in [2.24, 2.45) is 13.0 Å². The minimum absolute atomic E-state index is 0.0479.